The number of esters is 1. The van der Waals surface area contributed by atoms with Crippen molar-refractivity contribution >= 4 is 17.3 Å². The van der Waals surface area contributed by atoms with Crippen LogP contribution in [0.25, 0.3) is 0 Å². The molecule has 0 atom stereocenters. The molecule has 0 radical (unpaired) electrons. The molecule has 0 aromatic heterocycles. The first kappa shape index (κ1) is 18.8. The first-order chi connectivity index (χ1) is 13.8. The zero-order chi connectivity index (χ0) is 19.3. The molecular formula is C23H28N2O3. The number of fused-ring (bicyclic) bond motifs is 2. The maximum atomic E-state index is 11.9. The summed E-state index contributed by atoms with van der Waals surface area (Å²) in [5.74, 6) is 1.88. The molecule has 2 aromatic carbocycles. The zero-order valence-corrected chi connectivity index (χ0v) is 16.5. The summed E-state index contributed by atoms with van der Waals surface area (Å²) in [4.78, 5) is 16.7. The molecule has 2 aromatic rings. The van der Waals surface area contributed by atoms with E-state index in [1.807, 2.05) is 31.2 Å². The molecular weight excluding hydrogens is 352 g/mol. The number of para-hydroxylation sites is 4. The number of carbonyl (C=O) groups excluding carboxylic acids is 1. The van der Waals surface area contributed by atoms with Gasteiger partial charge in [-0.15, -0.1) is 0 Å². The minimum absolute atomic E-state index is 0.0244. The highest BCUT2D eigenvalue weighted by Crippen LogP contribution is 2.46. The molecule has 1 fully saturated rings. The number of hydrogen-bond acceptors (Lipinski definition) is 5. The monoisotopic (exact) mass is 380 g/mol. The summed E-state index contributed by atoms with van der Waals surface area (Å²) in [6.45, 7) is 6.27. The number of likely N-dealkylation sites (tertiary alicyclic amines) is 1. The molecule has 0 unspecified atom stereocenters. The van der Waals surface area contributed by atoms with Crippen molar-refractivity contribution in [3.63, 3.8) is 0 Å². The van der Waals surface area contributed by atoms with Crippen LogP contribution >= 0.6 is 0 Å². The average Bonchev–Trinajstić information content (AvgIpc) is 2.74. The Morgan fingerprint density at radius 2 is 1.61 bits per heavy atom. The van der Waals surface area contributed by atoms with Gasteiger partial charge in [0, 0.05) is 6.54 Å². The SMILES string of the molecule is CCOC(=O)C1CCN(CCCN2c3ccccc3Oc3ccccc32)CC1. The summed E-state index contributed by atoms with van der Waals surface area (Å²) < 4.78 is 11.2. The number of nitrogens with zero attached hydrogens (tertiary/aromatic N) is 2. The predicted octanol–water partition coefficient (Wildman–Crippen LogP) is 4.60. The summed E-state index contributed by atoms with van der Waals surface area (Å²) in [5, 5.41) is 0. The number of ether oxygens (including phenoxy) is 2. The minimum atomic E-state index is -0.0244. The minimum Gasteiger partial charge on any atom is -0.466 e. The Morgan fingerprint density at radius 3 is 2.21 bits per heavy atom. The van der Waals surface area contributed by atoms with Crippen molar-refractivity contribution < 1.29 is 14.3 Å². The van der Waals surface area contributed by atoms with Crippen LogP contribution in [0.4, 0.5) is 11.4 Å². The van der Waals surface area contributed by atoms with Gasteiger partial charge in [-0.2, -0.15) is 0 Å². The van der Waals surface area contributed by atoms with Gasteiger partial charge >= 0.3 is 5.97 Å². The third-order valence-corrected chi connectivity index (χ3v) is 5.60. The Labute approximate surface area is 166 Å². The molecule has 1 saturated heterocycles. The van der Waals surface area contributed by atoms with Crippen molar-refractivity contribution in [1.82, 2.24) is 4.90 Å². The largest absolute Gasteiger partial charge is 0.466 e. The lowest BCUT2D eigenvalue weighted by molar-refractivity contribution is -0.149. The Balaban J connectivity index is 1.34. The van der Waals surface area contributed by atoms with Gasteiger partial charge in [-0.05, 0) is 70.1 Å². The van der Waals surface area contributed by atoms with E-state index in [4.69, 9.17) is 9.47 Å². The van der Waals surface area contributed by atoms with Crippen LogP contribution in [0.5, 0.6) is 11.5 Å². The lowest BCUT2D eigenvalue weighted by Gasteiger charge is -2.34. The van der Waals surface area contributed by atoms with Gasteiger partial charge in [0.1, 0.15) is 0 Å². The molecule has 0 aliphatic carbocycles. The van der Waals surface area contributed by atoms with Crippen molar-refractivity contribution in [2.24, 2.45) is 5.92 Å². The third kappa shape index (κ3) is 3.99. The molecule has 0 N–H and O–H groups in total. The summed E-state index contributed by atoms with van der Waals surface area (Å²) in [5.41, 5.74) is 2.25. The number of piperidine rings is 1. The van der Waals surface area contributed by atoms with E-state index in [-0.39, 0.29) is 11.9 Å². The predicted molar refractivity (Wildman–Crippen MR) is 110 cm³/mol. The molecule has 2 aliphatic heterocycles. The molecule has 5 heteroatoms. The second-order valence-electron chi connectivity index (χ2n) is 7.41. The van der Waals surface area contributed by atoms with Crippen molar-refractivity contribution in [3.8, 4) is 11.5 Å². The second kappa shape index (κ2) is 8.65. The molecule has 0 amide bonds. The van der Waals surface area contributed by atoms with Crippen molar-refractivity contribution in [1.29, 1.82) is 0 Å². The van der Waals surface area contributed by atoms with Gasteiger partial charge in [-0.3, -0.25) is 4.79 Å². The van der Waals surface area contributed by atoms with Gasteiger partial charge in [0.2, 0.25) is 0 Å². The highest BCUT2D eigenvalue weighted by molar-refractivity contribution is 5.77. The fourth-order valence-corrected chi connectivity index (χ4v) is 4.13. The molecule has 5 nitrogen and oxygen atoms in total. The quantitative estimate of drug-likeness (QED) is 0.686. The van der Waals surface area contributed by atoms with Gasteiger partial charge in [0.25, 0.3) is 0 Å². The summed E-state index contributed by atoms with van der Waals surface area (Å²) >= 11 is 0. The van der Waals surface area contributed by atoms with E-state index in [9.17, 15) is 4.79 Å². The highest BCUT2D eigenvalue weighted by Gasteiger charge is 2.27. The molecule has 148 valence electrons. The van der Waals surface area contributed by atoms with E-state index < -0.39 is 0 Å². The van der Waals surface area contributed by atoms with Crippen LogP contribution in [0.2, 0.25) is 0 Å². The average molecular weight is 380 g/mol. The number of anilines is 2. The van der Waals surface area contributed by atoms with Crippen molar-refractivity contribution in [3.05, 3.63) is 48.5 Å². The Kier molecular flexibility index (Phi) is 5.81. The van der Waals surface area contributed by atoms with E-state index in [0.717, 1.165) is 68.3 Å². The second-order valence-corrected chi connectivity index (χ2v) is 7.41. The number of carbonyl (C=O) groups is 1. The smallest absolute Gasteiger partial charge is 0.309 e. The number of benzene rings is 2. The lowest BCUT2D eigenvalue weighted by Crippen LogP contribution is -2.38. The van der Waals surface area contributed by atoms with Crippen LogP contribution in [0.15, 0.2) is 48.5 Å². The number of rotatable bonds is 6. The Morgan fingerprint density at radius 1 is 1.00 bits per heavy atom. The van der Waals surface area contributed by atoms with Crippen LogP contribution in [-0.2, 0) is 9.53 Å². The molecule has 2 aliphatic rings. The fraction of sp³-hybridized carbons (Fsp3) is 0.435. The summed E-state index contributed by atoms with van der Waals surface area (Å²) in [6.07, 6.45) is 2.87. The highest BCUT2D eigenvalue weighted by atomic mass is 16.5. The van der Waals surface area contributed by atoms with Crippen LogP contribution in [0.3, 0.4) is 0 Å². The van der Waals surface area contributed by atoms with Gasteiger partial charge < -0.3 is 19.3 Å². The van der Waals surface area contributed by atoms with Crippen molar-refractivity contribution in [2.75, 3.05) is 37.7 Å². The topological polar surface area (TPSA) is 42.0 Å². The van der Waals surface area contributed by atoms with Gasteiger partial charge in [-0.1, -0.05) is 24.3 Å². The maximum Gasteiger partial charge on any atom is 0.309 e. The van der Waals surface area contributed by atoms with Crippen LogP contribution in [0, 0.1) is 5.92 Å². The van der Waals surface area contributed by atoms with Gasteiger partial charge in [0.05, 0.1) is 23.9 Å². The summed E-state index contributed by atoms with van der Waals surface area (Å²) in [7, 11) is 0. The molecule has 2 heterocycles. The van der Waals surface area contributed by atoms with E-state index >= 15 is 0 Å². The van der Waals surface area contributed by atoms with Gasteiger partial charge in [-0.25, -0.2) is 0 Å². The van der Waals surface area contributed by atoms with E-state index in [1.165, 1.54) is 0 Å². The van der Waals surface area contributed by atoms with Crippen LogP contribution < -0.4 is 9.64 Å². The maximum absolute atomic E-state index is 11.9. The van der Waals surface area contributed by atoms with E-state index in [2.05, 4.69) is 34.1 Å². The Bertz CT molecular complexity index is 769. The molecule has 28 heavy (non-hydrogen) atoms. The van der Waals surface area contributed by atoms with Gasteiger partial charge in [0.15, 0.2) is 11.5 Å². The molecule has 4 rings (SSSR count). The Hall–Kier alpha value is -2.53. The zero-order valence-electron chi connectivity index (χ0n) is 16.5. The normalized spacial score (nSPS) is 16.8. The standard InChI is InChI=1S/C23H28N2O3/c1-2-27-23(26)18-12-16-24(17-13-18)14-7-15-25-19-8-3-5-10-21(19)28-22-11-6-4-9-20(22)25/h3-6,8-11,18H,2,7,12-17H2,1H3. The first-order valence-electron chi connectivity index (χ1n) is 10.3. The van der Waals surface area contributed by atoms with E-state index in [1.54, 1.807) is 0 Å². The molecule has 0 saturated carbocycles. The number of hydrogen-bond donors (Lipinski definition) is 0. The molecule has 0 bridgehead atoms. The summed E-state index contributed by atoms with van der Waals surface area (Å²) in [6, 6.07) is 16.4. The fourth-order valence-electron chi connectivity index (χ4n) is 4.13. The first-order valence-corrected chi connectivity index (χ1v) is 10.3. The van der Waals surface area contributed by atoms with Crippen molar-refractivity contribution in [2.45, 2.75) is 26.2 Å². The molecule has 0 spiro atoms. The van der Waals surface area contributed by atoms with E-state index in [0.29, 0.717) is 6.61 Å². The van der Waals surface area contributed by atoms with Crippen LogP contribution in [0.1, 0.15) is 26.2 Å². The third-order valence-electron chi connectivity index (χ3n) is 5.60. The van der Waals surface area contributed by atoms with Crippen LogP contribution in [-0.4, -0.2) is 43.7 Å². The lowest BCUT2D eigenvalue weighted by atomic mass is 9.97.